The third kappa shape index (κ3) is 7.06. The molecule has 35 heavy (non-hydrogen) atoms. The van der Waals surface area contributed by atoms with Gasteiger partial charge in [-0.25, -0.2) is 4.79 Å². The molecular weight excluding hydrogens is 450 g/mol. The van der Waals surface area contributed by atoms with Crippen LogP contribution in [0.5, 0.6) is 5.88 Å². The van der Waals surface area contributed by atoms with Crippen molar-refractivity contribution in [2.75, 3.05) is 51.3 Å². The first-order valence-electron chi connectivity index (χ1n) is 11.9. The van der Waals surface area contributed by atoms with E-state index in [9.17, 15) is 14.7 Å². The molecule has 3 N–H and O–H groups in total. The van der Waals surface area contributed by atoms with Gasteiger partial charge < -0.3 is 35.4 Å². The number of pyridine rings is 1. The lowest BCUT2D eigenvalue weighted by Gasteiger charge is -2.34. The van der Waals surface area contributed by atoms with Crippen molar-refractivity contribution in [1.29, 1.82) is 0 Å². The van der Waals surface area contributed by atoms with Crippen molar-refractivity contribution in [3.63, 3.8) is 0 Å². The monoisotopic (exact) mass is 484 g/mol. The van der Waals surface area contributed by atoms with Crippen LogP contribution < -0.4 is 15.0 Å². The molecule has 0 radical (unpaired) electrons. The van der Waals surface area contributed by atoms with E-state index in [1.807, 2.05) is 36.1 Å². The van der Waals surface area contributed by atoms with Gasteiger partial charge in [-0.2, -0.15) is 4.98 Å². The number of carbonyl (C=O) groups excluding carboxylic acids is 2. The van der Waals surface area contributed by atoms with E-state index in [4.69, 9.17) is 15.2 Å². The third-order valence-electron chi connectivity index (χ3n) is 5.96. The summed E-state index contributed by atoms with van der Waals surface area (Å²) in [6, 6.07) is 11.1. The van der Waals surface area contributed by atoms with E-state index >= 15 is 0 Å². The Morgan fingerprint density at radius 2 is 1.86 bits per heavy atom. The van der Waals surface area contributed by atoms with Crippen molar-refractivity contribution in [3.05, 3.63) is 58.8 Å². The zero-order valence-electron chi connectivity index (χ0n) is 20.3. The number of aliphatic hydroxyl groups is 1. The molecule has 10 heteroatoms. The highest BCUT2D eigenvalue weighted by Gasteiger charge is 2.24. The summed E-state index contributed by atoms with van der Waals surface area (Å²) in [4.78, 5) is 32.7. The van der Waals surface area contributed by atoms with Crippen molar-refractivity contribution < 1.29 is 24.2 Å². The predicted molar refractivity (Wildman–Crippen MR) is 133 cm³/mol. The maximum atomic E-state index is 12.8. The van der Waals surface area contributed by atoms with Crippen molar-refractivity contribution in [1.82, 2.24) is 15.2 Å². The normalized spacial score (nSPS) is 14.4. The molecule has 1 aliphatic rings. The topological polar surface area (TPSA) is 128 Å². The zero-order valence-corrected chi connectivity index (χ0v) is 20.3. The fraction of sp³-hybridized carbons (Fsp3) is 0.480. The zero-order chi connectivity index (χ0) is 25.2. The molecule has 1 fully saturated rings. The fourth-order valence-corrected chi connectivity index (χ4v) is 3.98. The molecule has 10 nitrogen and oxygen atoms in total. The largest absolute Gasteiger partial charge is 0.674 e. The quantitative estimate of drug-likeness (QED) is 0.530. The molecule has 0 spiro atoms. The number of nitrogens with zero attached hydrogens (tertiary/aromatic N) is 3. The Morgan fingerprint density at radius 1 is 1.14 bits per heavy atom. The number of nitrogens with one attached hydrogen (secondary N) is 2. The van der Waals surface area contributed by atoms with Crippen molar-refractivity contribution in [2.45, 2.75) is 32.4 Å². The molecule has 0 bridgehead atoms. The van der Waals surface area contributed by atoms with Crippen molar-refractivity contribution in [2.24, 2.45) is 0 Å². The molecule has 1 saturated heterocycles. The van der Waals surface area contributed by atoms with Gasteiger partial charge in [0.15, 0.2) is 0 Å². The van der Waals surface area contributed by atoms with Gasteiger partial charge in [-0.1, -0.05) is 29.8 Å². The van der Waals surface area contributed by atoms with Crippen LogP contribution in [-0.2, 0) is 17.7 Å². The summed E-state index contributed by atoms with van der Waals surface area (Å²) in [6.45, 7) is 4.70. The lowest BCUT2D eigenvalue weighted by atomic mass is 10.0. The van der Waals surface area contributed by atoms with Gasteiger partial charge in [-0.15, -0.1) is 6.54 Å². The number of hydrogen-bond acceptors (Lipinski definition) is 7. The minimum atomic E-state index is -0.716. The fourth-order valence-electron chi connectivity index (χ4n) is 3.98. The van der Waals surface area contributed by atoms with E-state index in [1.165, 1.54) is 7.11 Å². The molecule has 0 aliphatic carbocycles. The Kier molecular flexibility index (Phi) is 9.68. The summed E-state index contributed by atoms with van der Waals surface area (Å²) in [5, 5.41) is 13.2. The SMILES string of the molecule is CCOc1nc(N2CCN(C(=O)OC)CC2)ccc1C(=O)NC[C@@H](O)CCc1ccccc1C[NH-]. The maximum absolute atomic E-state index is 12.8. The summed E-state index contributed by atoms with van der Waals surface area (Å²) in [5.41, 5.74) is 9.90. The second-order valence-electron chi connectivity index (χ2n) is 8.25. The second-order valence-corrected chi connectivity index (χ2v) is 8.25. The summed E-state index contributed by atoms with van der Waals surface area (Å²) in [7, 11) is 1.37. The molecule has 1 aromatic heterocycles. The Labute approximate surface area is 206 Å². The Morgan fingerprint density at radius 3 is 2.51 bits per heavy atom. The average Bonchev–Trinajstić information content (AvgIpc) is 2.90. The van der Waals surface area contributed by atoms with Gasteiger partial charge in [0.1, 0.15) is 11.4 Å². The average molecular weight is 485 g/mol. The number of hydrogen-bond donors (Lipinski definition) is 2. The van der Waals surface area contributed by atoms with E-state index in [-0.39, 0.29) is 31.0 Å². The number of piperazine rings is 1. The van der Waals surface area contributed by atoms with E-state index in [0.29, 0.717) is 57.0 Å². The Bertz CT molecular complexity index is 994. The number of aromatic nitrogens is 1. The number of ether oxygens (including phenoxy) is 2. The Hall–Kier alpha value is -3.37. The van der Waals surface area contributed by atoms with E-state index in [2.05, 4.69) is 10.3 Å². The molecule has 1 atom stereocenters. The lowest BCUT2D eigenvalue weighted by Crippen LogP contribution is -2.49. The summed E-state index contributed by atoms with van der Waals surface area (Å²) >= 11 is 0. The summed E-state index contributed by atoms with van der Waals surface area (Å²) in [5.74, 6) is 0.535. The van der Waals surface area contributed by atoms with Crippen LogP contribution >= 0.6 is 0 Å². The maximum Gasteiger partial charge on any atom is 0.409 e. The third-order valence-corrected chi connectivity index (χ3v) is 5.96. The van der Waals surface area contributed by atoms with Gasteiger partial charge in [0.25, 0.3) is 5.91 Å². The molecular formula is C25H34N5O5-. The molecule has 0 unspecified atom stereocenters. The highest BCUT2D eigenvalue weighted by atomic mass is 16.5. The number of carbonyl (C=O) groups is 2. The van der Waals surface area contributed by atoms with Crippen LogP contribution in [0.25, 0.3) is 5.73 Å². The van der Waals surface area contributed by atoms with E-state index in [0.717, 1.165) is 11.1 Å². The van der Waals surface area contributed by atoms with Crippen LogP contribution in [0.2, 0.25) is 0 Å². The molecule has 2 aromatic rings. The van der Waals surface area contributed by atoms with Crippen molar-refractivity contribution >= 4 is 17.8 Å². The van der Waals surface area contributed by atoms with Gasteiger partial charge in [0.2, 0.25) is 5.88 Å². The van der Waals surface area contributed by atoms with Crippen LogP contribution in [0.3, 0.4) is 0 Å². The van der Waals surface area contributed by atoms with Crippen LogP contribution in [0.15, 0.2) is 36.4 Å². The molecule has 1 aliphatic heterocycles. The molecule has 190 valence electrons. The first-order chi connectivity index (χ1) is 17.0. The molecule has 3 rings (SSSR count). The molecule has 0 saturated carbocycles. The van der Waals surface area contributed by atoms with Crippen LogP contribution in [-0.4, -0.2) is 79.5 Å². The molecule has 2 amide bonds. The number of anilines is 1. The number of benzene rings is 1. The predicted octanol–water partition coefficient (Wildman–Crippen LogP) is 2.64. The number of aryl methyl sites for hydroxylation is 1. The van der Waals surface area contributed by atoms with Crippen LogP contribution in [0, 0.1) is 0 Å². The van der Waals surface area contributed by atoms with Gasteiger partial charge in [-0.05, 0) is 37.5 Å². The van der Waals surface area contributed by atoms with E-state index < -0.39 is 6.10 Å². The van der Waals surface area contributed by atoms with Crippen LogP contribution in [0.1, 0.15) is 34.8 Å². The smallest absolute Gasteiger partial charge is 0.409 e. The number of rotatable bonds is 10. The van der Waals surface area contributed by atoms with Gasteiger partial charge in [-0.3, -0.25) is 4.79 Å². The van der Waals surface area contributed by atoms with Gasteiger partial charge in [0, 0.05) is 32.7 Å². The lowest BCUT2D eigenvalue weighted by molar-refractivity contribution is 0.0906. The minimum Gasteiger partial charge on any atom is -0.674 e. The standard InChI is InChI=1S/C25H34N5O5/c1-3-35-24-21(10-11-22(28-24)29-12-14-30(15-13-29)25(33)34-2)23(32)27-17-20(31)9-8-18-6-4-5-7-19(18)16-26/h4-7,10-11,20,26,31H,3,8-9,12-17H2,1-2H3,(H,27,32)/q-1/t20-/m0/s1. The van der Waals surface area contributed by atoms with Crippen molar-refractivity contribution in [3.8, 4) is 5.88 Å². The minimum absolute atomic E-state index is 0.102. The number of aliphatic hydroxyl groups excluding tert-OH is 1. The summed E-state index contributed by atoms with van der Waals surface area (Å²) < 4.78 is 10.4. The van der Waals surface area contributed by atoms with Crippen LogP contribution in [0.4, 0.5) is 10.6 Å². The second kappa shape index (κ2) is 12.9. The highest BCUT2D eigenvalue weighted by molar-refractivity contribution is 5.96. The van der Waals surface area contributed by atoms with E-state index in [1.54, 1.807) is 17.0 Å². The number of methoxy groups -OCH3 is 1. The first-order valence-corrected chi connectivity index (χ1v) is 11.9. The molecule has 1 aromatic carbocycles. The highest BCUT2D eigenvalue weighted by Crippen LogP contribution is 2.23. The van der Waals surface area contributed by atoms with Gasteiger partial charge >= 0.3 is 6.09 Å². The van der Waals surface area contributed by atoms with Gasteiger partial charge in [0.05, 0.1) is 19.8 Å². The summed E-state index contributed by atoms with van der Waals surface area (Å²) in [6.07, 6.45) is 0.0502. The molecule has 2 heterocycles. The first kappa shape index (κ1) is 26.2. The Balaban J connectivity index is 1.57. The number of amides is 2.